The summed E-state index contributed by atoms with van der Waals surface area (Å²) < 4.78 is 37.7. The smallest absolute Gasteiger partial charge is 0.242 e. The largest absolute Gasteiger partial charge is 0.496 e. The predicted octanol–water partition coefficient (Wildman–Crippen LogP) is 2.32. The molecule has 2 rings (SSSR count). The van der Waals surface area contributed by atoms with E-state index in [2.05, 4.69) is 10.0 Å². The zero-order chi connectivity index (χ0) is 19.3. The minimum absolute atomic E-state index is 0.0627. The van der Waals surface area contributed by atoms with Crippen LogP contribution in [0.25, 0.3) is 0 Å². The van der Waals surface area contributed by atoms with Crippen molar-refractivity contribution in [2.45, 2.75) is 24.8 Å². The minimum atomic E-state index is -3.86. The van der Waals surface area contributed by atoms with E-state index < -0.39 is 22.0 Å². The molecule has 0 saturated carbocycles. The lowest BCUT2D eigenvalue weighted by molar-refractivity contribution is -0.117. The third-order valence-electron chi connectivity index (χ3n) is 3.77. The molecule has 0 aliphatic carbocycles. The Hall–Kier alpha value is -2.58. The van der Waals surface area contributed by atoms with E-state index in [1.54, 1.807) is 37.3 Å². The molecule has 8 heteroatoms. The Morgan fingerprint density at radius 3 is 2.31 bits per heavy atom. The van der Waals surface area contributed by atoms with Gasteiger partial charge in [0, 0.05) is 0 Å². The molecule has 0 aromatic heterocycles. The fraction of sp³-hybridized carbons (Fsp3) is 0.278. The van der Waals surface area contributed by atoms with Gasteiger partial charge in [0.15, 0.2) is 0 Å². The lowest BCUT2D eigenvalue weighted by Gasteiger charge is -2.16. The number of amides is 1. The zero-order valence-corrected chi connectivity index (χ0v) is 15.9. The molecule has 7 nitrogen and oxygen atoms in total. The van der Waals surface area contributed by atoms with Crippen LogP contribution in [0.3, 0.4) is 0 Å². The Bertz CT molecular complexity index is 896. The van der Waals surface area contributed by atoms with Crippen molar-refractivity contribution < 1.29 is 22.7 Å². The van der Waals surface area contributed by atoms with Gasteiger partial charge in [-0.3, -0.25) is 4.79 Å². The van der Waals surface area contributed by atoms with Gasteiger partial charge in [0.2, 0.25) is 15.9 Å². The Labute approximate surface area is 153 Å². The van der Waals surface area contributed by atoms with E-state index in [9.17, 15) is 13.2 Å². The molecule has 0 aliphatic heterocycles. The molecule has 26 heavy (non-hydrogen) atoms. The average molecular weight is 378 g/mol. The number of carbonyl (C=O) groups excluding carboxylic acids is 1. The van der Waals surface area contributed by atoms with Crippen molar-refractivity contribution in [1.29, 1.82) is 0 Å². The number of hydrogen-bond donors (Lipinski definition) is 2. The molecule has 2 aromatic carbocycles. The number of sulfonamides is 1. The summed E-state index contributed by atoms with van der Waals surface area (Å²) in [6.07, 6.45) is 0. The molecule has 2 aromatic rings. The monoisotopic (exact) mass is 378 g/mol. The molecule has 2 N–H and O–H groups in total. The van der Waals surface area contributed by atoms with Crippen molar-refractivity contribution in [1.82, 2.24) is 4.72 Å². The van der Waals surface area contributed by atoms with Crippen LogP contribution < -0.4 is 19.5 Å². The maximum atomic E-state index is 12.5. The van der Waals surface area contributed by atoms with Gasteiger partial charge in [-0.25, -0.2) is 8.42 Å². The molecule has 0 bridgehead atoms. The molecular formula is C18H22N2O5S. The molecule has 0 unspecified atom stereocenters. The van der Waals surface area contributed by atoms with Crippen LogP contribution in [0.4, 0.5) is 5.69 Å². The number of carbonyl (C=O) groups is 1. The normalized spacial score (nSPS) is 12.3. The van der Waals surface area contributed by atoms with Gasteiger partial charge in [0.25, 0.3) is 0 Å². The summed E-state index contributed by atoms with van der Waals surface area (Å²) in [4.78, 5) is 12.4. The van der Waals surface area contributed by atoms with Gasteiger partial charge in [0.05, 0.1) is 30.8 Å². The topological polar surface area (TPSA) is 93.7 Å². The first-order valence-electron chi connectivity index (χ1n) is 7.89. The van der Waals surface area contributed by atoms with Gasteiger partial charge < -0.3 is 14.8 Å². The van der Waals surface area contributed by atoms with Crippen LogP contribution in [-0.2, 0) is 14.8 Å². The Kier molecular flexibility index (Phi) is 6.23. The summed E-state index contributed by atoms with van der Waals surface area (Å²) in [5, 5.41) is 2.65. The summed E-state index contributed by atoms with van der Waals surface area (Å²) in [6.45, 7) is 3.22. The molecular weight excluding hydrogens is 356 g/mol. The van der Waals surface area contributed by atoms with E-state index in [1.807, 2.05) is 0 Å². The summed E-state index contributed by atoms with van der Waals surface area (Å²) in [7, 11) is -0.855. The Balaban J connectivity index is 2.13. The Morgan fingerprint density at radius 2 is 1.69 bits per heavy atom. The second kappa shape index (κ2) is 8.20. The maximum Gasteiger partial charge on any atom is 0.242 e. The van der Waals surface area contributed by atoms with Gasteiger partial charge in [-0.2, -0.15) is 4.72 Å². The van der Waals surface area contributed by atoms with Gasteiger partial charge >= 0.3 is 0 Å². The van der Waals surface area contributed by atoms with Gasteiger partial charge in [-0.1, -0.05) is 12.1 Å². The second-order valence-electron chi connectivity index (χ2n) is 5.66. The summed E-state index contributed by atoms with van der Waals surface area (Å²) in [6, 6.07) is 10.4. The van der Waals surface area contributed by atoms with Crippen molar-refractivity contribution >= 4 is 21.6 Å². The highest BCUT2D eigenvalue weighted by Crippen LogP contribution is 2.24. The fourth-order valence-corrected chi connectivity index (χ4v) is 3.65. The second-order valence-corrected chi connectivity index (χ2v) is 7.38. The standard InChI is InChI=1S/C18H22N2O5S/c1-12-11-14(9-10-16(12)24-3)26(22,23)20-13(2)18(21)19-15-7-5-6-8-17(15)25-4/h5-11,13,20H,1-4H3,(H,19,21)/t13-/m0/s1. The number of benzene rings is 2. The summed E-state index contributed by atoms with van der Waals surface area (Å²) in [5.74, 6) is 0.580. The van der Waals surface area contributed by atoms with E-state index in [1.165, 1.54) is 33.3 Å². The van der Waals surface area contributed by atoms with Crippen LogP contribution in [0.15, 0.2) is 47.4 Å². The first-order valence-corrected chi connectivity index (χ1v) is 9.37. The summed E-state index contributed by atoms with van der Waals surface area (Å²) in [5.41, 5.74) is 1.15. The third-order valence-corrected chi connectivity index (χ3v) is 5.31. The molecule has 0 spiro atoms. The molecule has 1 amide bonds. The van der Waals surface area contributed by atoms with Gasteiger partial charge in [-0.15, -0.1) is 0 Å². The number of rotatable bonds is 7. The number of aryl methyl sites for hydroxylation is 1. The molecule has 0 fully saturated rings. The third kappa shape index (κ3) is 4.53. The average Bonchev–Trinajstić information content (AvgIpc) is 2.61. The van der Waals surface area contributed by atoms with E-state index in [4.69, 9.17) is 9.47 Å². The van der Waals surface area contributed by atoms with Crippen LogP contribution in [0.5, 0.6) is 11.5 Å². The van der Waals surface area contributed by atoms with Crippen molar-refractivity contribution in [2.24, 2.45) is 0 Å². The molecule has 1 atom stereocenters. The number of methoxy groups -OCH3 is 2. The quantitative estimate of drug-likeness (QED) is 0.771. The molecule has 0 heterocycles. The highest BCUT2D eigenvalue weighted by molar-refractivity contribution is 7.89. The lowest BCUT2D eigenvalue weighted by atomic mass is 10.2. The molecule has 0 aliphatic rings. The van der Waals surface area contributed by atoms with E-state index in [0.29, 0.717) is 22.7 Å². The number of hydrogen-bond acceptors (Lipinski definition) is 5. The van der Waals surface area contributed by atoms with E-state index in [0.717, 1.165) is 0 Å². The molecule has 0 radical (unpaired) electrons. The van der Waals surface area contributed by atoms with Gasteiger partial charge in [0.1, 0.15) is 11.5 Å². The fourth-order valence-electron chi connectivity index (χ4n) is 2.36. The van der Waals surface area contributed by atoms with E-state index in [-0.39, 0.29) is 4.90 Å². The molecule has 0 saturated heterocycles. The van der Waals surface area contributed by atoms with E-state index >= 15 is 0 Å². The number of para-hydroxylation sites is 2. The highest BCUT2D eigenvalue weighted by Gasteiger charge is 2.23. The number of ether oxygens (including phenoxy) is 2. The first kappa shape index (κ1) is 19.7. The van der Waals surface area contributed by atoms with Crippen molar-refractivity contribution in [3.63, 3.8) is 0 Å². The minimum Gasteiger partial charge on any atom is -0.496 e. The van der Waals surface area contributed by atoms with Crippen molar-refractivity contribution in [3.8, 4) is 11.5 Å². The van der Waals surface area contributed by atoms with Crippen LogP contribution in [-0.4, -0.2) is 34.6 Å². The molecule has 140 valence electrons. The number of anilines is 1. The van der Waals surface area contributed by atoms with Crippen molar-refractivity contribution in [2.75, 3.05) is 19.5 Å². The van der Waals surface area contributed by atoms with Crippen LogP contribution >= 0.6 is 0 Å². The zero-order valence-electron chi connectivity index (χ0n) is 15.1. The SMILES string of the molecule is COc1ccc(S(=O)(=O)N[C@@H](C)C(=O)Nc2ccccc2OC)cc1C. The van der Waals surface area contributed by atoms with Crippen LogP contribution in [0, 0.1) is 6.92 Å². The predicted molar refractivity (Wildman–Crippen MR) is 99.1 cm³/mol. The van der Waals surface area contributed by atoms with Gasteiger partial charge in [-0.05, 0) is 49.7 Å². The summed E-state index contributed by atoms with van der Waals surface area (Å²) >= 11 is 0. The van der Waals surface area contributed by atoms with Crippen molar-refractivity contribution in [3.05, 3.63) is 48.0 Å². The highest BCUT2D eigenvalue weighted by atomic mass is 32.2. The van der Waals surface area contributed by atoms with Crippen LogP contribution in [0.1, 0.15) is 12.5 Å². The Morgan fingerprint density at radius 1 is 1.04 bits per heavy atom. The first-order chi connectivity index (χ1) is 12.3. The number of nitrogens with one attached hydrogen (secondary N) is 2. The lowest BCUT2D eigenvalue weighted by Crippen LogP contribution is -2.41. The maximum absolute atomic E-state index is 12.5. The van der Waals surface area contributed by atoms with Crippen LogP contribution in [0.2, 0.25) is 0 Å².